The molecule has 1 heterocycles. The Balaban J connectivity index is 1.95. The predicted molar refractivity (Wildman–Crippen MR) is 71.0 cm³/mol. The van der Waals surface area contributed by atoms with Crippen LogP contribution in [-0.4, -0.2) is 27.2 Å². The fraction of sp³-hybridized carbons (Fsp3) is 0.429. The largest absolute Gasteiger partial charge is 0.360 e. The first-order chi connectivity index (χ1) is 9.01. The lowest BCUT2D eigenvalue weighted by atomic mass is 10.2. The molecule has 1 fully saturated rings. The van der Waals surface area contributed by atoms with Crippen LogP contribution in [0.5, 0.6) is 0 Å². The normalized spacial score (nSPS) is 23.2. The topological polar surface area (TPSA) is 52.6 Å². The highest BCUT2D eigenvalue weighted by Crippen LogP contribution is 2.21. The summed E-state index contributed by atoms with van der Waals surface area (Å²) < 4.78 is 34.3. The molecule has 0 spiro atoms. The molecule has 5 heteroatoms. The first kappa shape index (κ1) is 14.1. The molecule has 0 N–H and O–H groups in total. The zero-order chi connectivity index (χ0) is 13.9. The smallest absolute Gasteiger partial charge is 0.297 e. The van der Waals surface area contributed by atoms with Crippen LogP contribution in [0.2, 0.25) is 0 Å². The summed E-state index contributed by atoms with van der Waals surface area (Å²) in [6.07, 6.45) is 6.24. The van der Waals surface area contributed by atoms with E-state index in [2.05, 4.69) is 5.92 Å². The van der Waals surface area contributed by atoms with Crippen LogP contribution in [0.25, 0.3) is 0 Å². The molecule has 1 aromatic rings. The molecule has 0 radical (unpaired) electrons. The minimum atomic E-state index is -3.72. The second-order valence-corrected chi connectivity index (χ2v) is 6.16. The SMILES string of the molecule is C#C[C@H]1CC[C@H](COS(=O)(=O)c2ccc(C)cc2)O1. The maximum atomic E-state index is 11.9. The number of hydrogen-bond acceptors (Lipinski definition) is 4. The quantitative estimate of drug-likeness (QED) is 0.624. The Morgan fingerprint density at radius 2 is 2.05 bits per heavy atom. The molecule has 2 rings (SSSR count). The van der Waals surface area contributed by atoms with Crippen molar-refractivity contribution in [2.24, 2.45) is 0 Å². The minimum absolute atomic E-state index is 0.00832. The lowest BCUT2D eigenvalue weighted by Gasteiger charge is -2.11. The summed E-state index contributed by atoms with van der Waals surface area (Å²) in [6.45, 7) is 1.90. The molecule has 0 aliphatic carbocycles. The lowest BCUT2D eigenvalue weighted by molar-refractivity contribution is 0.0438. The average Bonchev–Trinajstić information content (AvgIpc) is 2.85. The summed E-state index contributed by atoms with van der Waals surface area (Å²) >= 11 is 0. The van der Waals surface area contributed by atoms with Gasteiger partial charge in [-0.05, 0) is 31.9 Å². The third-order valence-electron chi connectivity index (χ3n) is 3.01. The van der Waals surface area contributed by atoms with Gasteiger partial charge in [-0.15, -0.1) is 6.42 Å². The van der Waals surface area contributed by atoms with Gasteiger partial charge < -0.3 is 4.74 Å². The van der Waals surface area contributed by atoms with Crippen molar-refractivity contribution in [3.63, 3.8) is 0 Å². The van der Waals surface area contributed by atoms with Gasteiger partial charge in [0, 0.05) is 0 Å². The number of rotatable bonds is 4. The van der Waals surface area contributed by atoms with Crippen LogP contribution in [0.3, 0.4) is 0 Å². The monoisotopic (exact) mass is 280 g/mol. The fourth-order valence-corrected chi connectivity index (χ4v) is 2.83. The van der Waals surface area contributed by atoms with Crippen LogP contribution in [0.4, 0.5) is 0 Å². The summed E-state index contributed by atoms with van der Waals surface area (Å²) in [6, 6.07) is 6.53. The molecule has 0 aromatic heterocycles. The second-order valence-electron chi connectivity index (χ2n) is 4.54. The Labute approximate surface area is 113 Å². The zero-order valence-electron chi connectivity index (χ0n) is 10.7. The molecule has 1 aromatic carbocycles. The number of aryl methyl sites for hydroxylation is 1. The number of benzene rings is 1. The van der Waals surface area contributed by atoms with Crippen molar-refractivity contribution in [3.05, 3.63) is 29.8 Å². The summed E-state index contributed by atoms with van der Waals surface area (Å²) in [5, 5.41) is 0. The van der Waals surface area contributed by atoms with E-state index in [9.17, 15) is 8.42 Å². The van der Waals surface area contributed by atoms with E-state index in [1.54, 1.807) is 12.1 Å². The van der Waals surface area contributed by atoms with Crippen LogP contribution < -0.4 is 0 Å². The minimum Gasteiger partial charge on any atom is -0.360 e. The van der Waals surface area contributed by atoms with Gasteiger partial charge in [0.05, 0.1) is 17.6 Å². The highest BCUT2D eigenvalue weighted by molar-refractivity contribution is 7.86. The van der Waals surface area contributed by atoms with Gasteiger partial charge in [0.1, 0.15) is 6.10 Å². The fourth-order valence-electron chi connectivity index (χ4n) is 1.89. The molecular formula is C14H16O4S. The molecule has 19 heavy (non-hydrogen) atoms. The van der Waals surface area contributed by atoms with Gasteiger partial charge in [-0.3, -0.25) is 4.18 Å². The van der Waals surface area contributed by atoms with E-state index < -0.39 is 10.1 Å². The van der Waals surface area contributed by atoms with Crippen molar-refractivity contribution < 1.29 is 17.3 Å². The molecule has 0 amide bonds. The van der Waals surface area contributed by atoms with E-state index in [1.165, 1.54) is 12.1 Å². The standard InChI is InChI=1S/C14H16O4S/c1-3-12-6-7-13(18-12)10-17-19(15,16)14-8-4-11(2)5-9-14/h1,4-5,8-9,12-13H,6-7,10H2,2H3/t12-,13+/m0/s1. The number of hydrogen-bond donors (Lipinski definition) is 0. The Morgan fingerprint density at radius 1 is 1.37 bits per heavy atom. The van der Waals surface area contributed by atoms with Crippen molar-refractivity contribution in [2.45, 2.75) is 36.9 Å². The summed E-state index contributed by atoms with van der Waals surface area (Å²) in [7, 11) is -3.72. The molecular weight excluding hydrogens is 264 g/mol. The van der Waals surface area contributed by atoms with Crippen molar-refractivity contribution in [2.75, 3.05) is 6.61 Å². The molecule has 1 aliphatic heterocycles. The zero-order valence-corrected chi connectivity index (χ0v) is 11.5. The Bertz CT molecular complexity index is 568. The van der Waals surface area contributed by atoms with E-state index in [-0.39, 0.29) is 23.7 Å². The van der Waals surface area contributed by atoms with Gasteiger partial charge in [0.25, 0.3) is 10.1 Å². The van der Waals surface area contributed by atoms with Crippen LogP contribution in [-0.2, 0) is 19.0 Å². The van der Waals surface area contributed by atoms with Gasteiger partial charge in [0.15, 0.2) is 0 Å². The maximum Gasteiger partial charge on any atom is 0.297 e. The molecule has 2 atom stereocenters. The third-order valence-corrected chi connectivity index (χ3v) is 4.31. The summed E-state index contributed by atoms with van der Waals surface area (Å²) in [4.78, 5) is 0.157. The Hall–Kier alpha value is -1.35. The first-order valence-corrected chi connectivity index (χ1v) is 7.50. The maximum absolute atomic E-state index is 11.9. The van der Waals surface area contributed by atoms with Crippen LogP contribution in [0.15, 0.2) is 29.2 Å². The van der Waals surface area contributed by atoms with Gasteiger partial charge in [-0.2, -0.15) is 8.42 Å². The average molecular weight is 280 g/mol. The third kappa shape index (κ3) is 3.57. The molecule has 0 unspecified atom stereocenters. The number of terminal acetylenes is 1. The highest BCUT2D eigenvalue weighted by Gasteiger charge is 2.26. The number of ether oxygens (including phenoxy) is 1. The highest BCUT2D eigenvalue weighted by atomic mass is 32.2. The van der Waals surface area contributed by atoms with Gasteiger partial charge >= 0.3 is 0 Å². The van der Waals surface area contributed by atoms with Gasteiger partial charge in [-0.25, -0.2) is 0 Å². The van der Waals surface area contributed by atoms with E-state index in [1.807, 2.05) is 6.92 Å². The second kappa shape index (κ2) is 5.74. The van der Waals surface area contributed by atoms with E-state index in [0.717, 1.165) is 18.4 Å². The Morgan fingerprint density at radius 3 is 2.63 bits per heavy atom. The van der Waals surface area contributed by atoms with Gasteiger partial charge in [-0.1, -0.05) is 23.6 Å². The molecule has 1 aliphatic rings. The van der Waals surface area contributed by atoms with Crippen LogP contribution >= 0.6 is 0 Å². The van der Waals surface area contributed by atoms with Gasteiger partial charge in [0.2, 0.25) is 0 Å². The first-order valence-electron chi connectivity index (χ1n) is 6.09. The molecule has 1 saturated heterocycles. The summed E-state index contributed by atoms with van der Waals surface area (Å²) in [5.74, 6) is 2.50. The van der Waals surface area contributed by atoms with Crippen molar-refractivity contribution >= 4 is 10.1 Å². The summed E-state index contributed by atoms with van der Waals surface area (Å²) in [5.41, 5.74) is 0.995. The lowest BCUT2D eigenvalue weighted by Crippen LogP contribution is -2.19. The van der Waals surface area contributed by atoms with Crippen molar-refractivity contribution in [1.82, 2.24) is 0 Å². The molecule has 102 valence electrons. The van der Waals surface area contributed by atoms with Crippen molar-refractivity contribution in [3.8, 4) is 12.3 Å². The van der Waals surface area contributed by atoms with Crippen LogP contribution in [0.1, 0.15) is 18.4 Å². The van der Waals surface area contributed by atoms with E-state index >= 15 is 0 Å². The predicted octanol–water partition coefficient (Wildman–Crippen LogP) is 1.88. The molecule has 0 saturated carbocycles. The molecule has 0 bridgehead atoms. The Kier molecular flexibility index (Phi) is 4.25. The van der Waals surface area contributed by atoms with Crippen molar-refractivity contribution in [1.29, 1.82) is 0 Å². The molecule has 4 nitrogen and oxygen atoms in total. The van der Waals surface area contributed by atoms with E-state index in [4.69, 9.17) is 15.3 Å². The van der Waals surface area contributed by atoms with Crippen LogP contribution in [0, 0.1) is 19.3 Å². The van der Waals surface area contributed by atoms with E-state index in [0.29, 0.717) is 0 Å².